The minimum atomic E-state index is 0.199. The zero-order valence-electron chi connectivity index (χ0n) is 12.1. The van der Waals surface area contributed by atoms with Crippen LogP contribution < -0.4 is 11.1 Å². The van der Waals surface area contributed by atoms with Crippen LogP contribution in [-0.2, 0) is 4.79 Å². The van der Waals surface area contributed by atoms with Crippen LogP contribution in [0.5, 0.6) is 0 Å². The summed E-state index contributed by atoms with van der Waals surface area (Å²) in [6.07, 6.45) is 9.22. The third-order valence-electron chi connectivity index (χ3n) is 4.45. The third kappa shape index (κ3) is 4.97. The van der Waals surface area contributed by atoms with Crippen molar-refractivity contribution in [1.29, 1.82) is 0 Å². The molecule has 1 amide bonds. The van der Waals surface area contributed by atoms with Gasteiger partial charge in [0, 0.05) is 19.0 Å². The van der Waals surface area contributed by atoms with E-state index in [0.717, 1.165) is 12.8 Å². The van der Waals surface area contributed by atoms with Crippen LogP contribution in [0.15, 0.2) is 0 Å². The monoisotopic (exact) mass is 254 g/mol. The van der Waals surface area contributed by atoms with Crippen molar-refractivity contribution in [2.75, 3.05) is 6.54 Å². The van der Waals surface area contributed by atoms with E-state index in [2.05, 4.69) is 19.2 Å². The van der Waals surface area contributed by atoms with Crippen molar-refractivity contribution in [2.45, 2.75) is 71.3 Å². The Bertz CT molecular complexity index is 233. The van der Waals surface area contributed by atoms with E-state index in [1.165, 1.54) is 32.1 Å². The van der Waals surface area contributed by atoms with Crippen molar-refractivity contribution < 1.29 is 4.79 Å². The molecule has 0 spiro atoms. The summed E-state index contributed by atoms with van der Waals surface area (Å²) in [4.78, 5) is 12.0. The fraction of sp³-hybridized carbons (Fsp3) is 0.933. The van der Waals surface area contributed by atoms with E-state index in [4.69, 9.17) is 5.73 Å². The Labute approximate surface area is 112 Å². The number of carbonyl (C=O) groups excluding carboxylic acids is 1. The van der Waals surface area contributed by atoms with Crippen molar-refractivity contribution >= 4 is 5.91 Å². The number of amides is 1. The van der Waals surface area contributed by atoms with E-state index in [0.29, 0.717) is 24.8 Å². The van der Waals surface area contributed by atoms with Crippen LogP contribution in [0.3, 0.4) is 0 Å². The lowest BCUT2D eigenvalue weighted by Crippen LogP contribution is -2.46. The maximum Gasteiger partial charge on any atom is 0.220 e. The normalized spacial score (nSPS) is 18.9. The standard InChI is InChI=1S/C15H30N2O/c1-3-12(4-2)10-15(18)17-14(11-16)13-8-6-5-7-9-13/h12-14H,3-11,16H2,1-2H3,(H,17,18). The Morgan fingerprint density at radius 1 is 1.22 bits per heavy atom. The van der Waals surface area contributed by atoms with Gasteiger partial charge in [-0.1, -0.05) is 46.0 Å². The summed E-state index contributed by atoms with van der Waals surface area (Å²) in [6, 6.07) is 0.201. The first-order chi connectivity index (χ1) is 8.71. The van der Waals surface area contributed by atoms with E-state index >= 15 is 0 Å². The number of hydrogen-bond donors (Lipinski definition) is 2. The number of hydrogen-bond acceptors (Lipinski definition) is 2. The van der Waals surface area contributed by atoms with Gasteiger partial charge in [-0.2, -0.15) is 0 Å². The fourth-order valence-electron chi connectivity index (χ4n) is 3.01. The van der Waals surface area contributed by atoms with Gasteiger partial charge < -0.3 is 11.1 Å². The number of nitrogens with two attached hydrogens (primary N) is 1. The van der Waals surface area contributed by atoms with Crippen LogP contribution in [0.2, 0.25) is 0 Å². The molecule has 1 aliphatic carbocycles. The highest BCUT2D eigenvalue weighted by Crippen LogP contribution is 2.26. The molecule has 0 aliphatic heterocycles. The summed E-state index contributed by atoms with van der Waals surface area (Å²) in [5, 5.41) is 3.17. The summed E-state index contributed by atoms with van der Waals surface area (Å²) in [6.45, 7) is 4.89. The predicted molar refractivity (Wildman–Crippen MR) is 76.2 cm³/mol. The molecule has 1 aliphatic rings. The van der Waals surface area contributed by atoms with E-state index in [1.54, 1.807) is 0 Å². The number of carbonyl (C=O) groups is 1. The van der Waals surface area contributed by atoms with Crippen molar-refractivity contribution in [2.24, 2.45) is 17.6 Å². The zero-order chi connectivity index (χ0) is 13.4. The Morgan fingerprint density at radius 3 is 2.33 bits per heavy atom. The highest BCUT2D eigenvalue weighted by Gasteiger charge is 2.24. The van der Waals surface area contributed by atoms with Crippen LogP contribution in [0.25, 0.3) is 0 Å². The van der Waals surface area contributed by atoms with Gasteiger partial charge in [0.2, 0.25) is 5.91 Å². The van der Waals surface area contributed by atoms with Gasteiger partial charge in [0.25, 0.3) is 0 Å². The van der Waals surface area contributed by atoms with E-state index in [-0.39, 0.29) is 11.9 Å². The van der Waals surface area contributed by atoms with Crippen molar-refractivity contribution in [3.05, 3.63) is 0 Å². The molecule has 106 valence electrons. The van der Waals surface area contributed by atoms with Crippen LogP contribution in [0, 0.1) is 11.8 Å². The Kier molecular flexibility index (Phi) is 7.33. The molecule has 1 unspecified atom stereocenters. The smallest absolute Gasteiger partial charge is 0.220 e. The lowest BCUT2D eigenvalue weighted by atomic mass is 9.83. The molecule has 1 saturated carbocycles. The molecule has 0 aromatic carbocycles. The van der Waals surface area contributed by atoms with Gasteiger partial charge in [-0.3, -0.25) is 4.79 Å². The molecular weight excluding hydrogens is 224 g/mol. The first kappa shape index (κ1) is 15.5. The van der Waals surface area contributed by atoms with Crippen molar-refractivity contribution in [3.63, 3.8) is 0 Å². The second-order valence-corrected chi connectivity index (χ2v) is 5.69. The Balaban J connectivity index is 2.39. The molecule has 0 aromatic heterocycles. The summed E-state index contributed by atoms with van der Waals surface area (Å²) in [5.74, 6) is 1.33. The summed E-state index contributed by atoms with van der Waals surface area (Å²) in [7, 11) is 0. The number of rotatable bonds is 7. The van der Waals surface area contributed by atoms with Gasteiger partial charge in [0.05, 0.1) is 0 Å². The SMILES string of the molecule is CCC(CC)CC(=O)NC(CN)C1CCCCC1. The minimum absolute atomic E-state index is 0.199. The molecule has 0 aromatic rings. The molecule has 0 saturated heterocycles. The van der Waals surface area contributed by atoms with E-state index in [9.17, 15) is 4.79 Å². The molecule has 3 N–H and O–H groups in total. The molecule has 0 radical (unpaired) electrons. The predicted octanol–water partition coefficient (Wildman–Crippen LogP) is 2.84. The van der Waals surface area contributed by atoms with E-state index in [1.807, 2.05) is 0 Å². The highest BCUT2D eigenvalue weighted by molar-refractivity contribution is 5.76. The van der Waals surface area contributed by atoms with Gasteiger partial charge >= 0.3 is 0 Å². The second-order valence-electron chi connectivity index (χ2n) is 5.69. The first-order valence-electron chi connectivity index (χ1n) is 7.70. The van der Waals surface area contributed by atoms with Gasteiger partial charge in [-0.15, -0.1) is 0 Å². The van der Waals surface area contributed by atoms with Crippen molar-refractivity contribution in [1.82, 2.24) is 5.32 Å². The summed E-state index contributed by atoms with van der Waals surface area (Å²) >= 11 is 0. The number of nitrogens with one attached hydrogen (secondary N) is 1. The maximum atomic E-state index is 12.0. The topological polar surface area (TPSA) is 55.1 Å². The largest absolute Gasteiger partial charge is 0.352 e. The second kappa shape index (κ2) is 8.52. The average Bonchev–Trinajstić information content (AvgIpc) is 2.43. The fourth-order valence-corrected chi connectivity index (χ4v) is 3.01. The average molecular weight is 254 g/mol. The molecule has 0 heterocycles. The highest BCUT2D eigenvalue weighted by atomic mass is 16.1. The summed E-state index contributed by atoms with van der Waals surface area (Å²) in [5.41, 5.74) is 5.83. The Morgan fingerprint density at radius 2 is 1.83 bits per heavy atom. The van der Waals surface area contributed by atoms with Gasteiger partial charge in [0.1, 0.15) is 0 Å². The third-order valence-corrected chi connectivity index (χ3v) is 4.45. The van der Waals surface area contributed by atoms with Crippen LogP contribution in [0.1, 0.15) is 65.2 Å². The lowest BCUT2D eigenvalue weighted by molar-refractivity contribution is -0.123. The van der Waals surface area contributed by atoms with Crippen molar-refractivity contribution in [3.8, 4) is 0 Å². The van der Waals surface area contributed by atoms with E-state index < -0.39 is 0 Å². The summed E-state index contributed by atoms with van der Waals surface area (Å²) < 4.78 is 0. The van der Waals surface area contributed by atoms with Crippen LogP contribution >= 0.6 is 0 Å². The first-order valence-corrected chi connectivity index (χ1v) is 7.70. The molecule has 0 bridgehead atoms. The minimum Gasteiger partial charge on any atom is -0.352 e. The molecule has 3 nitrogen and oxygen atoms in total. The molecule has 1 rings (SSSR count). The van der Waals surface area contributed by atoms with Gasteiger partial charge in [0.15, 0.2) is 0 Å². The zero-order valence-corrected chi connectivity index (χ0v) is 12.1. The molecular formula is C15H30N2O. The van der Waals surface area contributed by atoms with Crippen LogP contribution in [0.4, 0.5) is 0 Å². The lowest BCUT2D eigenvalue weighted by Gasteiger charge is -2.30. The Hall–Kier alpha value is -0.570. The molecule has 1 atom stereocenters. The molecule has 18 heavy (non-hydrogen) atoms. The van der Waals surface area contributed by atoms with Gasteiger partial charge in [-0.05, 0) is 24.7 Å². The molecule has 1 fully saturated rings. The van der Waals surface area contributed by atoms with Crippen LogP contribution in [-0.4, -0.2) is 18.5 Å². The van der Waals surface area contributed by atoms with Gasteiger partial charge in [-0.25, -0.2) is 0 Å². The maximum absolute atomic E-state index is 12.0. The quantitative estimate of drug-likeness (QED) is 0.734. The molecule has 3 heteroatoms.